The van der Waals surface area contributed by atoms with Crippen molar-refractivity contribution in [1.29, 1.82) is 0 Å². The van der Waals surface area contributed by atoms with Crippen LogP contribution in [0.5, 0.6) is 0 Å². The smallest absolute Gasteiger partial charge is 0.320 e. The van der Waals surface area contributed by atoms with Crippen molar-refractivity contribution in [3.05, 3.63) is 0 Å². The third kappa shape index (κ3) is 25.2. The number of rotatable bonds is 5. The van der Waals surface area contributed by atoms with Crippen LogP contribution in [0.25, 0.3) is 0 Å². The molecule has 8 heteroatoms. The van der Waals surface area contributed by atoms with Gasteiger partial charge in [0.1, 0.15) is 6.04 Å². The molecule has 0 fully saturated rings. The second kappa shape index (κ2) is 14.7. The SMILES string of the molecule is NC(=S)[S-].NCCCC[C@H](N)C(=O)O.[La]. The van der Waals surface area contributed by atoms with Crippen molar-refractivity contribution in [2.75, 3.05) is 6.54 Å². The molecular formula is C7H16LaN3O2S2-. The predicted molar refractivity (Wildman–Crippen MR) is 62.7 cm³/mol. The Morgan fingerprint density at radius 2 is 1.87 bits per heavy atom. The van der Waals surface area contributed by atoms with Crippen LogP contribution in [0, 0.1) is 35.6 Å². The van der Waals surface area contributed by atoms with Crippen LogP contribution in [0.4, 0.5) is 0 Å². The fourth-order valence-electron chi connectivity index (χ4n) is 0.632. The molecule has 0 aromatic carbocycles. The summed E-state index contributed by atoms with van der Waals surface area (Å²) in [5, 5.41) is 8.33. The van der Waals surface area contributed by atoms with E-state index in [2.05, 4.69) is 30.6 Å². The van der Waals surface area contributed by atoms with E-state index in [1.54, 1.807) is 0 Å². The number of carbonyl (C=O) groups is 1. The summed E-state index contributed by atoms with van der Waals surface area (Å²) in [6.07, 6.45) is 2.16. The Bertz CT molecular complexity index is 180. The van der Waals surface area contributed by atoms with E-state index in [4.69, 9.17) is 16.6 Å². The number of carboxylic acids is 1. The first-order chi connectivity index (χ1) is 6.41. The minimum Gasteiger partial charge on any atom is -0.480 e. The van der Waals surface area contributed by atoms with E-state index in [1.165, 1.54) is 0 Å². The second-order valence-corrected chi connectivity index (χ2v) is 3.69. The standard InChI is InChI=1S/C6H14N2O2.CH3NS2.La/c7-4-2-1-3-5(8)6(9)10;2-1(3)4;/h5H,1-4,7-8H2,(H,9,10);(H3,2,3,4);/p-1/t5-;;/m0../s1. The average Bonchev–Trinajstić information content (AvgIpc) is 2.03. The molecule has 5 nitrogen and oxygen atoms in total. The van der Waals surface area contributed by atoms with Gasteiger partial charge in [0, 0.05) is 35.6 Å². The van der Waals surface area contributed by atoms with Gasteiger partial charge in [0.05, 0.1) is 0 Å². The summed E-state index contributed by atoms with van der Waals surface area (Å²) in [7, 11) is 0. The van der Waals surface area contributed by atoms with E-state index in [-0.39, 0.29) is 39.9 Å². The van der Waals surface area contributed by atoms with Gasteiger partial charge in [-0.25, -0.2) is 0 Å². The largest absolute Gasteiger partial charge is 0.480 e. The van der Waals surface area contributed by atoms with Gasteiger partial charge in [0.2, 0.25) is 0 Å². The molecule has 1 radical (unpaired) electrons. The van der Waals surface area contributed by atoms with Crippen LogP contribution in [0.1, 0.15) is 19.3 Å². The summed E-state index contributed by atoms with van der Waals surface area (Å²) in [4.78, 5) is 10.1. The number of unbranched alkanes of at least 4 members (excludes halogenated alkanes) is 1. The van der Waals surface area contributed by atoms with Gasteiger partial charge in [-0.05, 0) is 19.4 Å². The number of aliphatic carboxylic acids is 1. The van der Waals surface area contributed by atoms with Gasteiger partial charge in [-0.1, -0.05) is 10.7 Å². The molecular weight excluding hydrogens is 361 g/mol. The molecule has 0 saturated carbocycles. The maximum atomic E-state index is 10.1. The van der Waals surface area contributed by atoms with E-state index in [1.807, 2.05) is 0 Å². The normalized spacial score (nSPS) is 10.3. The van der Waals surface area contributed by atoms with Gasteiger partial charge in [-0.3, -0.25) is 4.79 Å². The monoisotopic (exact) mass is 377 g/mol. The summed E-state index contributed by atoms with van der Waals surface area (Å²) in [5.41, 5.74) is 15.1. The zero-order valence-electron chi connectivity index (χ0n) is 8.39. The second-order valence-electron chi connectivity index (χ2n) is 2.55. The van der Waals surface area contributed by atoms with Crippen LogP contribution in [0.15, 0.2) is 0 Å². The van der Waals surface area contributed by atoms with E-state index in [0.717, 1.165) is 12.8 Å². The molecule has 1 atom stereocenters. The zero-order valence-corrected chi connectivity index (χ0v) is 13.6. The third-order valence-corrected chi connectivity index (χ3v) is 1.29. The summed E-state index contributed by atoms with van der Waals surface area (Å²) in [5.74, 6) is -0.933. The van der Waals surface area contributed by atoms with E-state index in [9.17, 15) is 4.79 Å². The maximum Gasteiger partial charge on any atom is 0.320 e. The Balaban J connectivity index is -0.000000249. The van der Waals surface area contributed by atoms with Gasteiger partial charge in [-0.15, -0.1) is 0 Å². The van der Waals surface area contributed by atoms with Gasteiger partial charge >= 0.3 is 5.97 Å². The third-order valence-electron chi connectivity index (χ3n) is 1.29. The van der Waals surface area contributed by atoms with Crippen molar-refractivity contribution in [2.24, 2.45) is 17.2 Å². The van der Waals surface area contributed by atoms with Gasteiger partial charge in [0.25, 0.3) is 0 Å². The average molecular weight is 377 g/mol. The molecule has 0 spiro atoms. The maximum absolute atomic E-state index is 10.1. The van der Waals surface area contributed by atoms with Crippen LogP contribution in [0.2, 0.25) is 0 Å². The molecule has 0 aromatic rings. The summed E-state index contributed by atoms with van der Waals surface area (Å²) in [6, 6.07) is -0.716. The molecule has 0 rings (SSSR count). The fourth-order valence-corrected chi connectivity index (χ4v) is 0.632. The quantitative estimate of drug-likeness (QED) is 0.285. The van der Waals surface area contributed by atoms with Crippen LogP contribution >= 0.6 is 12.2 Å². The van der Waals surface area contributed by atoms with E-state index in [0.29, 0.717) is 13.0 Å². The van der Waals surface area contributed by atoms with Crippen LogP contribution in [0.3, 0.4) is 0 Å². The van der Waals surface area contributed by atoms with Gasteiger partial charge < -0.3 is 47.2 Å². The van der Waals surface area contributed by atoms with Crippen molar-refractivity contribution >= 4 is 35.1 Å². The molecule has 0 heterocycles. The first kappa shape index (κ1) is 21.0. The minimum atomic E-state index is -0.933. The number of nitrogens with two attached hydrogens (primary N) is 3. The van der Waals surface area contributed by atoms with Crippen molar-refractivity contribution in [3.63, 3.8) is 0 Å². The minimum absolute atomic E-state index is 0. The van der Waals surface area contributed by atoms with Crippen molar-refractivity contribution in [1.82, 2.24) is 0 Å². The molecule has 15 heavy (non-hydrogen) atoms. The molecule has 0 aromatic heterocycles. The Kier molecular flexibility index (Phi) is 20.6. The van der Waals surface area contributed by atoms with Gasteiger partial charge in [-0.2, -0.15) is 0 Å². The fraction of sp³-hybridized carbons (Fsp3) is 0.714. The Hall–Kier alpha value is 0.695. The summed E-state index contributed by atoms with van der Waals surface area (Å²) in [6.45, 7) is 0.604. The van der Waals surface area contributed by atoms with Crippen molar-refractivity contribution in [3.8, 4) is 0 Å². The number of hydrogen-bond acceptors (Lipinski definition) is 5. The summed E-state index contributed by atoms with van der Waals surface area (Å²) >= 11 is 8.26. The molecule has 0 bridgehead atoms. The number of hydrogen-bond donors (Lipinski definition) is 4. The molecule has 0 saturated heterocycles. The van der Waals surface area contributed by atoms with Crippen LogP contribution < -0.4 is 17.2 Å². The van der Waals surface area contributed by atoms with Crippen LogP contribution in [-0.2, 0) is 17.4 Å². The molecule has 0 aliphatic rings. The summed E-state index contributed by atoms with van der Waals surface area (Å²) < 4.78 is 0.0833. The van der Waals surface area contributed by atoms with Crippen LogP contribution in [-0.4, -0.2) is 28.0 Å². The van der Waals surface area contributed by atoms with Crippen molar-refractivity contribution in [2.45, 2.75) is 25.3 Å². The molecule has 0 aliphatic carbocycles. The van der Waals surface area contributed by atoms with E-state index >= 15 is 0 Å². The topological polar surface area (TPSA) is 115 Å². The van der Waals surface area contributed by atoms with E-state index < -0.39 is 12.0 Å². The Morgan fingerprint density at radius 1 is 1.47 bits per heavy atom. The Labute approximate surface area is 129 Å². The van der Waals surface area contributed by atoms with Crippen molar-refractivity contribution < 1.29 is 45.5 Å². The molecule has 0 aliphatic heterocycles. The zero-order chi connectivity index (χ0) is 11.6. The Morgan fingerprint density at radius 3 is 2.13 bits per heavy atom. The van der Waals surface area contributed by atoms with Gasteiger partial charge in [0.15, 0.2) is 0 Å². The first-order valence-electron chi connectivity index (χ1n) is 4.06. The first-order valence-corrected chi connectivity index (χ1v) is 4.88. The number of thiocarbonyl (C=S) groups is 1. The molecule has 0 amide bonds. The molecule has 0 unspecified atom stereocenters. The molecule has 87 valence electrons. The predicted octanol–water partition coefficient (Wildman–Crippen LogP) is -0.696. The number of carboxylic acid groups (broad SMARTS) is 1. The molecule has 7 N–H and O–H groups in total.